The minimum atomic E-state index is 0.635. The molecule has 0 rings (SSSR count). The second kappa shape index (κ2) is 5.71. The van der Waals surface area contributed by atoms with E-state index in [0.717, 1.165) is 24.6 Å². The van der Waals surface area contributed by atoms with Gasteiger partial charge in [0.1, 0.15) is 0 Å². The molecule has 0 unspecified atom stereocenters. The van der Waals surface area contributed by atoms with Gasteiger partial charge in [-0.25, -0.2) is 0 Å². The Labute approximate surface area is 61.2 Å². The number of hydrogen-bond donors (Lipinski definition) is 0. The Balaban J connectivity index is 2.86. The summed E-state index contributed by atoms with van der Waals surface area (Å²) in [5.41, 5.74) is 0. The zero-order valence-electron chi connectivity index (χ0n) is 5.16. The average Bonchev–Trinajstić information content (AvgIpc) is 1.83. The molecule has 0 aliphatic rings. The predicted molar refractivity (Wildman–Crippen MR) is 39.8 cm³/mol. The van der Waals surface area contributed by atoms with E-state index in [0.29, 0.717) is 5.92 Å². The second-order valence-electron chi connectivity index (χ2n) is 2.09. The molecule has 0 saturated carbocycles. The van der Waals surface area contributed by atoms with Crippen LogP contribution in [0, 0.1) is 5.92 Å². The summed E-state index contributed by atoms with van der Waals surface area (Å²) >= 11 is 11.0. The van der Waals surface area contributed by atoms with Crippen molar-refractivity contribution in [2.24, 2.45) is 5.92 Å². The maximum atomic E-state index is 5.54. The predicted octanol–water partition coefficient (Wildman–Crippen LogP) is 2.88. The molecule has 0 saturated heterocycles. The highest BCUT2D eigenvalue weighted by Gasteiger charge is 1.96. The largest absolute Gasteiger partial charge is 0.127 e. The molecule has 2 heteroatoms. The van der Waals surface area contributed by atoms with Crippen LogP contribution in [0.25, 0.3) is 0 Å². The van der Waals surface area contributed by atoms with E-state index in [9.17, 15) is 0 Å². The fourth-order valence-electron chi connectivity index (χ4n) is 0.503. The van der Waals surface area contributed by atoms with Crippen LogP contribution < -0.4 is 0 Å². The first-order valence-corrected chi connectivity index (χ1v) is 4.00. The van der Waals surface area contributed by atoms with E-state index in [1.54, 1.807) is 0 Å². The van der Waals surface area contributed by atoms with E-state index >= 15 is 0 Å². The van der Waals surface area contributed by atoms with Gasteiger partial charge in [0.25, 0.3) is 0 Å². The molecule has 0 fully saturated rings. The third kappa shape index (κ3) is 4.73. The van der Waals surface area contributed by atoms with E-state index in [4.69, 9.17) is 23.2 Å². The third-order valence-corrected chi connectivity index (χ3v) is 1.89. The van der Waals surface area contributed by atoms with Crippen molar-refractivity contribution < 1.29 is 0 Å². The lowest BCUT2D eigenvalue weighted by Crippen LogP contribution is -1.95. The van der Waals surface area contributed by atoms with Crippen LogP contribution in [-0.2, 0) is 0 Å². The van der Waals surface area contributed by atoms with Crippen LogP contribution in [0.1, 0.15) is 19.8 Å². The van der Waals surface area contributed by atoms with Crippen LogP contribution in [0.3, 0.4) is 0 Å². The van der Waals surface area contributed by atoms with Gasteiger partial charge in [-0.15, -0.1) is 23.2 Å². The Bertz CT molecular complexity index is 45.8. The average molecular weight is 155 g/mol. The van der Waals surface area contributed by atoms with E-state index in [-0.39, 0.29) is 0 Å². The fourth-order valence-corrected chi connectivity index (χ4v) is 0.811. The molecular weight excluding hydrogens is 143 g/mol. The summed E-state index contributed by atoms with van der Waals surface area (Å²) in [5, 5.41) is 0. The highest BCUT2D eigenvalue weighted by Crippen LogP contribution is 2.07. The van der Waals surface area contributed by atoms with Gasteiger partial charge in [0, 0.05) is 11.8 Å². The lowest BCUT2D eigenvalue weighted by Gasteiger charge is -2.02. The molecule has 8 heavy (non-hydrogen) atoms. The van der Waals surface area contributed by atoms with E-state index in [2.05, 4.69) is 6.92 Å². The molecule has 0 radical (unpaired) electrons. The molecule has 0 N–H and O–H groups in total. The smallest absolute Gasteiger partial charge is 0.0249 e. The van der Waals surface area contributed by atoms with Gasteiger partial charge >= 0.3 is 0 Å². The summed E-state index contributed by atoms with van der Waals surface area (Å²) in [7, 11) is 0. The van der Waals surface area contributed by atoms with Gasteiger partial charge in [-0.2, -0.15) is 0 Å². The van der Waals surface area contributed by atoms with Crippen molar-refractivity contribution in [1.82, 2.24) is 0 Å². The summed E-state index contributed by atoms with van der Waals surface area (Å²) in [4.78, 5) is 0. The quantitative estimate of drug-likeness (QED) is 0.547. The monoisotopic (exact) mass is 154 g/mol. The minimum Gasteiger partial charge on any atom is -0.127 e. The van der Waals surface area contributed by atoms with Crippen LogP contribution in [-0.4, -0.2) is 11.8 Å². The van der Waals surface area contributed by atoms with Crippen molar-refractivity contribution in [1.29, 1.82) is 0 Å². The van der Waals surface area contributed by atoms with Crippen molar-refractivity contribution >= 4 is 23.2 Å². The van der Waals surface area contributed by atoms with Crippen molar-refractivity contribution in [3.05, 3.63) is 0 Å². The van der Waals surface area contributed by atoms with E-state index in [1.807, 2.05) is 0 Å². The molecule has 0 aliphatic heterocycles. The maximum absolute atomic E-state index is 5.54. The van der Waals surface area contributed by atoms with E-state index in [1.165, 1.54) is 0 Å². The first kappa shape index (κ1) is 8.58. The molecule has 0 aromatic rings. The lowest BCUT2D eigenvalue weighted by atomic mass is 10.1. The molecule has 0 spiro atoms. The molecule has 1 atom stereocenters. The number of rotatable bonds is 4. The third-order valence-electron chi connectivity index (χ3n) is 1.09. The molecule has 0 nitrogen and oxygen atoms in total. The van der Waals surface area contributed by atoms with Crippen LogP contribution in [0.15, 0.2) is 0 Å². The van der Waals surface area contributed by atoms with Crippen molar-refractivity contribution in [2.75, 3.05) is 11.8 Å². The Morgan fingerprint density at radius 1 is 1.38 bits per heavy atom. The first-order chi connectivity index (χ1) is 3.81. The van der Waals surface area contributed by atoms with Gasteiger partial charge in [0.05, 0.1) is 0 Å². The summed E-state index contributed by atoms with van der Waals surface area (Å²) in [6.07, 6.45) is 2.25. The van der Waals surface area contributed by atoms with Crippen LogP contribution >= 0.6 is 23.2 Å². The number of hydrogen-bond acceptors (Lipinski definition) is 0. The zero-order valence-corrected chi connectivity index (χ0v) is 6.67. The molecule has 0 aliphatic carbocycles. The lowest BCUT2D eigenvalue weighted by molar-refractivity contribution is 0.584. The van der Waals surface area contributed by atoms with E-state index < -0.39 is 0 Å². The SMILES string of the molecule is C[C@@H](CCl)CCCCl. The van der Waals surface area contributed by atoms with Gasteiger partial charge in [-0.1, -0.05) is 6.92 Å². The Morgan fingerprint density at radius 3 is 2.38 bits per heavy atom. The van der Waals surface area contributed by atoms with Crippen LogP contribution in [0.2, 0.25) is 0 Å². The molecule has 0 bridgehead atoms. The number of alkyl halides is 2. The van der Waals surface area contributed by atoms with Gasteiger partial charge in [0.15, 0.2) is 0 Å². The van der Waals surface area contributed by atoms with Gasteiger partial charge in [-0.05, 0) is 18.8 Å². The first-order valence-electron chi connectivity index (χ1n) is 2.93. The highest BCUT2D eigenvalue weighted by molar-refractivity contribution is 6.18. The summed E-state index contributed by atoms with van der Waals surface area (Å²) in [6, 6.07) is 0. The summed E-state index contributed by atoms with van der Waals surface area (Å²) in [6.45, 7) is 2.14. The summed E-state index contributed by atoms with van der Waals surface area (Å²) < 4.78 is 0. The molecule has 0 aromatic carbocycles. The Hall–Kier alpha value is 0.580. The van der Waals surface area contributed by atoms with Crippen molar-refractivity contribution in [3.8, 4) is 0 Å². The number of halogens is 2. The summed E-state index contributed by atoms with van der Waals surface area (Å²) in [5.74, 6) is 2.16. The normalized spacial score (nSPS) is 13.9. The van der Waals surface area contributed by atoms with Crippen molar-refractivity contribution in [2.45, 2.75) is 19.8 Å². The Kier molecular flexibility index (Phi) is 6.13. The highest BCUT2D eigenvalue weighted by atomic mass is 35.5. The van der Waals surface area contributed by atoms with Crippen LogP contribution in [0.5, 0.6) is 0 Å². The van der Waals surface area contributed by atoms with Gasteiger partial charge < -0.3 is 0 Å². The fraction of sp³-hybridized carbons (Fsp3) is 1.00. The molecular formula is C6H12Cl2. The standard InChI is InChI=1S/C6H12Cl2/c1-6(5-8)3-2-4-7/h6H,2-5H2,1H3/t6-/m1/s1. The zero-order chi connectivity index (χ0) is 6.41. The molecule has 0 aromatic heterocycles. The van der Waals surface area contributed by atoms with Gasteiger partial charge in [0.2, 0.25) is 0 Å². The maximum Gasteiger partial charge on any atom is 0.0249 e. The second-order valence-corrected chi connectivity index (χ2v) is 2.78. The van der Waals surface area contributed by atoms with Gasteiger partial charge in [-0.3, -0.25) is 0 Å². The van der Waals surface area contributed by atoms with Crippen LogP contribution in [0.4, 0.5) is 0 Å². The molecule has 0 heterocycles. The molecule has 50 valence electrons. The minimum absolute atomic E-state index is 0.635. The Morgan fingerprint density at radius 2 is 2.00 bits per heavy atom. The van der Waals surface area contributed by atoms with Crippen molar-refractivity contribution in [3.63, 3.8) is 0 Å². The topological polar surface area (TPSA) is 0 Å². The molecule has 0 amide bonds.